The molecule has 34 heavy (non-hydrogen) atoms. The van der Waals surface area contributed by atoms with Gasteiger partial charge in [0, 0.05) is 6.54 Å². The zero-order chi connectivity index (χ0) is 24.0. The lowest BCUT2D eigenvalue weighted by Gasteiger charge is -2.21. The molecule has 1 aromatic heterocycles. The fourth-order valence-electron chi connectivity index (χ4n) is 3.44. The Kier molecular flexibility index (Phi) is 7.13. The van der Waals surface area contributed by atoms with Crippen molar-refractivity contribution in [2.45, 2.75) is 32.0 Å². The van der Waals surface area contributed by atoms with Crippen molar-refractivity contribution in [2.75, 3.05) is 13.1 Å². The highest BCUT2D eigenvalue weighted by Crippen LogP contribution is 2.25. The minimum absolute atomic E-state index is 0.402. The predicted molar refractivity (Wildman–Crippen MR) is 129 cm³/mol. The first-order valence-corrected chi connectivity index (χ1v) is 11.2. The molecule has 4 rings (SSSR count). The number of para-hydroxylation sites is 3. The molecule has 1 atom stereocenters. The molecule has 0 bridgehead atoms. The SMILES string of the molecule is CC(C)(Oc1cccc(CCNCC(Oc2ccccc2)c2nc3ccccc3o2)c1)C(=O)O. The number of nitrogens with zero attached hydrogens (tertiary/aromatic N) is 1. The van der Waals surface area contributed by atoms with Crippen molar-refractivity contribution in [3.05, 3.63) is 90.3 Å². The van der Waals surface area contributed by atoms with Gasteiger partial charge in [0.05, 0.1) is 0 Å². The van der Waals surface area contributed by atoms with Gasteiger partial charge in [0.15, 0.2) is 17.3 Å². The van der Waals surface area contributed by atoms with Crippen molar-refractivity contribution >= 4 is 17.1 Å². The average Bonchev–Trinajstić information content (AvgIpc) is 3.26. The second-order valence-electron chi connectivity index (χ2n) is 8.46. The van der Waals surface area contributed by atoms with Crippen molar-refractivity contribution in [3.63, 3.8) is 0 Å². The van der Waals surface area contributed by atoms with E-state index in [1.807, 2.05) is 72.8 Å². The molecule has 0 saturated heterocycles. The zero-order valence-electron chi connectivity index (χ0n) is 19.2. The van der Waals surface area contributed by atoms with E-state index in [-0.39, 0.29) is 0 Å². The number of benzene rings is 3. The molecular weight excluding hydrogens is 432 g/mol. The topological polar surface area (TPSA) is 93.8 Å². The Hall–Kier alpha value is -3.84. The Balaban J connectivity index is 1.39. The van der Waals surface area contributed by atoms with Crippen LogP contribution in [0.4, 0.5) is 0 Å². The van der Waals surface area contributed by atoms with Crippen molar-refractivity contribution in [1.29, 1.82) is 0 Å². The van der Waals surface area contributed by atoms with Crippen LogP contribution in [0.3, 0.4) is 0 Å². The molecule has 7 heteroatoms. The highest BCUT2D eigenvalue weighted by atomic mass is 16.5. The molecule has 0 saturated carbocycles. The van der Waals surface area contributed by atoms with Gasteiger partial charge in [-0.1, -0.05) is 42.5 Å². The Bertz CT molecular complexity index is 1200. The lowest BCUT2D eigenvalue weighted by molar-refractivity contribution is -0.152. The number of carboxylic acid groups (broad SMARTS) is 1. The lowest BCUT2D eigenvalue weighted by Crippen LogP contribution is -2.37. The van der Waals surface area contributed by atoms with E-state index in [4.69, 9.17) is 13.9 Å². The molecule has 0 aliphatic carbocycles. The molecule has 4 aromatic rings. The van der Waals surface area contributed by atoms with Gasteiger partial charge < -0.3 is 24.3 Å². The van der Waals surface area contributed by atoms with E-state index in [2.05, 4.69) is 10.3 Å². The number of fused-ring (bicyclic) bond motifs is 1. The Morgan fingerprint density at radius 2 is 1.76 bits per heavy atom. The molecule has 0 spiro atoms. The number of aromatic nitrogens is 1. The van der Waals surface area contributed by atoms with E-state index in [0.29, 0.717) is 24.7 Å². The Labute approximate surface area is 198 Å². The molecule has 176 valence electrons. The molecule has 0 aliphatic heterocycles. The quantitative estimate of drug-likeness (QED) is 0.304. The number of hydrogen-bond acceptors (Lipinski definition) is 6. The van der Waals surface area contributed by atoms with Gasteiger partial charge in [-0.3, -0.25) is 0 Å². The zero-order valence-corrected chi connectivity index (χ0v) is 19.2. The third-order valence-corrected chi connectivity index (χ3v) is 5.31. The predicted octanol–water partition coefficient (Wildman–Crippen LogP) is 5.02. The first-order chi connectivity index (χ1) is 16.4. The first-order valence-electron chi connectivity index (χ1n) is 11.2. The standard InChI is InChI=1S/C27H28N2O5/c1-27(2,26(30)31)34-21-12-8-9-19(17-21)15-16-28-18-24(32-20-10-4-3-5-11-20)25-29-22-13-6-7-14-23(22)33-25/h3-14,17,24,28H,15-16,18H2,1-2H3,(H,30,31). The van der Waals surface area contributed by atoms with Gasteiger partial charge in [0.1, 0.15) is 17.0 Å². The second kappa shape index (κ2) is 10.4. The van der Waals surface area contributed by atoms with Crippen molar-refractivity contribution < 1.29 is 23.8 Å². The maximum Gasteiger partial charge on any atom is 0.347 e. The van der Waals surface area contributed by atoms with Gasteiger partial charge in [-0.2, -0.15) is 0 Å². The van der Waals surface area contributed by atoms with Crippen molar-refractivity contribution in [1.82, 2.24) is 10.3 Å². The molecule has 2 N–H and O–H groups in total. The summed E-state index contributed by atoms with van der Waals surface area (Å²) >= 11 is 0. The fourth-order valence-corrected chi connectivity index (χ4v) is 3.44. The molecule has 0 radical (unpaired) electrons. The first kappa shape index (κ1) is 23.3. The van der Waals surface area contributed by atoms with E-state index in [9.17, 15) is 9.90 Å². The van der Waals surface area contributed by atoms with E-state index in [1.165, 1.54) is 13.8 Å². The number of aliphatic carboxylic acids is 1. The van der Waals surface area contributed by atoms with Crippen LogP contribution >= 0.6 is 0 Å². The summed E-state index contributed by atoms with van der Waals surface area (Å²) in [5.41, 5.74) is 1.26. The van der Waals surface area contributed by atoms with Gasteiger partial charge in [-0.25, -0.2) is 9.78 Å². The average molecular weight is 461 g/mol. The Morgan fingerprint density at radius 3 is 2.53 bits per heavy atom. The summed E-state index contributed by atoms with van der Waals surface area (Å²) in [4.78, 5) is 15.9. The van der Waals surface area contributed by atoms with Gasteiger partial charge in [-0.05, 0) is 68.8 Å². The highest BCUT2D eigenvalue weighted by molar-refractivity contribution is 5.76. The number of carboxylic acids is 1. The monoisotopic (exact) mass is 460 g/mol. The minimum atomic E-state index is -1.29. The van der Waals surface area contributed by atoms with E-state index < -0.39 is 17.7 Å². The number of rotatable bonds is 11. The van der Waals surface area contributed by atoms with Crippen LogP contribution in [0.15, 0.2) is 83.3 Å². The molecule has 0 aliphatic rings. The van der Waals surface area contributed by atoms with Crippen LogP contribution in [0.5, 0.6) is 11.5 Å². The number of oxazole rings is 1. The maximum absolute atomic E-state index is 11.3. The van der Waals surface area contributed by atoms with Gasteiger partial charge in [0.2, 0.25) is 5.89 Å². The molecule has 0 fully saturated rings. The number of ether oxygens (including phenoxy) is 2. The van der Waals surface area contributed by atoms with Crippen LogP contribution in [0, 0.1) is 0 Å². The summed E-state index contributed by atoms with van der Waals surface area (Å²) in [5.74, 6) is 0.774. The maximum atomic E-state index is 11.3. The fraction of sp³-hybridized carbons (Fsp3) is 0.259. The van der Waals surface area contributed by atoms with Gasteiger partial charge in [-0.15, -0.1) is 0 Å². The normalized spacial score (nSPS) is 12.4. The summed E-state index contributed by atoms with van der Waals surface area (Å²) in [6, 6.07) is 24.7. The summed E-state index contributed by atoms with van der Waals surface area (Å²) in [6.07, 6.45) is 0.330. The van der Waals surface area contributed by atoms with Gasteiger partial charge >= 0.3 is 5.97 Å². The van der Waals surface area contributed by atoms with Crippen LogP contribution in [0.2, 0.25) is 0 Å². The third-order valence-electron chi connectivity index (χ3n) is 5.31. The van der Waals surface area contributed by atoms with Crippen LogP contribution in [0.1, 0.15) is 31.4 Å². The lowest BCUT2D eigenvalue weighted by atomic mass is 10.1. The Morgan fingerprint density at radius 1 is 1.03 bits per heavy atom. The molecule has 7 nitrogen and oxygen atoms in total. The van der Waals surface area contributed by atoms with E-state index in [1.54, 1.807) is 6.07 Å². The van der Waals surface area contributed by atoms with Crippen LogP contribution in [-0.2, 0) is 11.2 Å². The molecule has 0 amide bonds. The molecule has 1 heterocycles. The van der Waals surface area contributed by atoms with Crippen LogP contribution < -0.4 is 14.8 Å². The second-order valence-corrected chi connectivity index (χ2v) is 8.46. The van der Waals surface area contributed by atoms with Crippen molar-refractivity contribution in [2.24, 2.45) is 0 Å². The molecular formula is C27H28N2O5. The summed E-state index contributed by atoms with van der Waals surface area (Å²) in [5, 5.41) is 12.7. The van der Waals surface area contributed by atoms with E-state index in [0.717, 1.165) is 28.8 Å². The molecule has 1 unspecified atom stereocenters. The van der Waals surface area contributed by atoms with Crippen LogP contribution in [-0.4, -0.2) is 34.8 Å². The smallest absolute Gasteiger partial charge is 0.347 e. The number of nitrogens with one attached hydrogen (secondary N) is 1. The van der Waals surface area contributed by atoms with Crippen molar-refractivity contribution in [3.8, 4) is 11.5 Å². The van der Waals surface area contributed by atoms with E-state index >= 15 is 0 Å². The molecule has 3 aromatic carbocycles. The highest BCUT2D eigenvalue weighted by Gasteiger charge is 2.29. The number of carbonyl (C=O) groups is 1. The largest absolute Gasteiger partial charge is 0.479 e. The van der Waals surface area contributed by atoms with Gasteiger partial charge in [0.25, 0.3) is 0 Å². The third kappa shape index (κ3) is 5.94. The summed E-state index contributed by atoms with van der Waals surface area (Å²) in [7, 11) is 0. The number of hydrogen-bond donors (Lipinski definition) is 2. The minimum Gasteiger partial charge on any atom is -0.479 e. The summed E-state index contributed by atoms with van der Waals surface area (Å²) < 4.78 is 17.8. The summed E-state index contributed by atoms with van der Waals surface area (Å²) in [6.45, 7) is 4.25. The van der Waals surface area contributed by atoms with Crippen LogP contribution in [0.25, 0.3) is 11.1 Å².